The molecule has 1 saturated heterocycles. The van der Waals surface area contributed by atoms with Gasteiger partial charge in [-0.05, 0) is 45.0 Å². The highest BCUT2D eigenvalue weighted by Crippen LogP contribution is 2.44. The summed E-state index contributed by atoms with van der Waals surface area (Å²) in [6.07, 6.45) is 1.87. The summed E-state index contributed by atoms with van der Waals surface area (Å²) in [6, 6.07) is 12.8. The molecule has 4 rings (SSSR count). The van der Waals surface area contributed by atoms with Gasteiger partial charge in [0.05, 0.1) is 11.3 Å². The van der Waals surface area contributed by atoms with Gasteiger partial charge in [-0.2, -0.15) is 5.26 Å². The van der Waals surface area contributed by atoms with Crippen LogP contribution in [0.2, 0.25) is 0 Å². The number of nitrogens with zero attached hydrogens (tertiary/aromatic N) is 5. The van der Waals surface area contributed by atoms with Crippen molar-refractivity contribution in [3.8, 4) is 17.2 Å². The van der Waals surface area contributed by atoms with E-state index in [9.17, 15) is 10.1 Å². The van der Waals surface area contributed by atoms with Gasteiger partial charge in [0, 0.05) is 38.3 Å². The summed E-state index contributed by atoms with van der Waals surface area (Å²) in [6.45, 7) is 6.30. The number of oxazole rings is 1. The molecule has 1 amide bonds. The Hall–Kier alpha value is -3.37. The second kappa shape index (κ2) is 9.24. The van der Waals surface area contributed by atoms with E-state index in [1.807, 2.05) is 32.0 Å². The lowest BCUT2D eigenvalue weighted by Gasteiger charge is -2.25. The van der Waals surface area contributed by atoms with Crippen LogP contribution >= 0.6 is 0 Å². The van der Waals surface area contributed by atoms with Crippen molar-refractivity contribution >= 4 is 22.7 Å². The molecule has 3 aromatic rings. The highest BCUT2D eigenvalue weighted by Gasteiger charge is 2.32. The van der Waals surface area contributed by atoms with E-state index >= 15 is 0 Å². The van der Waals surface area contributed by atoms with Crippen molar-refractivity contribution in [3.05, 3.63) is 47.3 Å². The number of hydrogen-bond donors (Lipinski definition) is 0. The quantitative estimate of drug-likeness (QED) is 0.563. The van der Waals surface area contributed by atoms with E-state index < -0.39 is 0 Å². The number of rotatable bonds is 6. The lowest BCUT2D eigenvalue weighted by molar-refractivity contribution is 0.0758. The number of anilines is 1. The summed E-state index contributed by atoms with van der Waals surface area (Å²) in [5.74, 6) is -0.235. The Morgan fingerprint density at radius 3 is 2.61 bits per heavy atom. The molecule has 0 bridgehead atoms. The van der Waals surface area contributed by atoms with Gasteiger partial charge in [-0.3, -0.25) is 4.79 Å². The Bertz CT molecular complexity index is 1210. The summed E-state index contributed by atoms with van der Waals surface area (Å²) in [4.78, 5) is 23.7. The highest BCUT2D eigenvalue weighted by atomic mass is 16.4. The summed E-state index contributed by atoms with van der Waals surface area (Å²) < 4.78 is 6.19. The molecular formula is C26H31N5O2. The van der Waals surface area contributed by atoms with E-state index in [2.05, 4.69) is 47.1 Å². The van der Waals surface area contributed by atoms with Gasteiger partial charge >= 0.3 is 5.91 Å². The third-order valence-corrected chi connectivity index (χ3v) is 6.54. The van der Waals surface area contributed by atoms with Gasteiger partial charge < -0.3 is 19.1 Å². The predicted molar refractivity (Wildman–Crippen MR) is 130 cm³/mol. The third-order valence-electron chi connectivity index (χ3n) is 6.54. The molecule has 2 heterocycles. The summed E-state index contributed by atoms with van der Waals surface area (Å²) in [5, 5.41) is 10.1. The first-order valence-corrected chi connectivity index (χ1v) is 11.5. The number of amides is 1. The van der Waals surface area contributed by atoms with E-state index in [-0.39, 0.29) is 11.8 Å². The molecule has 1 atom stereocenters. The van der Waals surface area contributed by atoms with Gasteiger partial charge in [-0.25, -0.2) is 4.98 Å². The Kier molecular flexibility index (Phi) is 6.39. The fourth-order valence-corrected chi connectivity index (χ4v) is 4.70. The van der Waals surface area contributed by atoms with Crippen molar-refractivity contribution < 1.29 is 9.21 Å². The minimum Gasteiger partial charge on any atom is -0.430 e. The first-order valence-electron chi connectivity index (χ1n) is 11.5. The average molecular weight is 446 g/mol. The van der Waals surface area contributed by atoms with Crippen LogP contribution in [0.1, 0.15) is 41.6 Å². The summed E-state index contributed by atoms with van der Waals surface area (Å²) in [5.41, 5.74) is 5.20. The van der Waals surface area contributed by atoms with Gasteiger partial charge in [-0.15, -0.1) is 0 Å². The van der Waals surface area contributed by atoms with Crippen molar-refractivity contribution in [1.29, 1.82) is 5.26 Å². The molecule has 33 heavy (non-hydrogen) atoms. The minimum absolute atomic E-state index is 0.0340. The molecule has 1 aliphatic rings. The smallest absolute Gasteiger partial charge is 0.309 e. The first-order chi connectivity index (χ1) is 15.9. The normalized spacial score (nSPS) is 15.9. The van der Waals surface area contributed by atoms with Crippen LogP contribution in [-0.4, -0.2) is 67.5 Å². The fourth-order valence-electron chi connectivity index (χ4n) is 4.70. The van der Waals surface area contributed by atoms with Crippen molar-refractivity contribution in [2.24, 2.45) is 0 Å². The number of likely N-dealkylation sites (N-methyl/N-ethyl adjacent to an activating group) is 1. The van der Waals surface area contributed by atoms with E-state index in [1.54, 1.807) is 11.9 Å². The molecule has 7 nitrogen and oxygen atoms in total. The molecule has 0 N–H and O–H groups in total. The monoisotopic (exact) mass is 445 g/mol. The van der Waals surface area contributed by atoms with Gasteiger partial charge in [0.25, 0.3) is 5.89 Å². The molecule has 1 aromatic heterocycles. The number of hydrogen-bond acceptors (Lipinski definition) is 6. The number of aromatic nitrogens is 1. The van der Waals surface area contributed by atoms with E-state index in [0.717, 1.165) is 48.3 Å². The van der Waals surface area contributed by atoms with Crippen LogP contribution in [0, 0.1) is 18.3 Å². The standard InChI is InChI=1S/C26H31N5O2/c1-6-13-30(5)26(32)25-28-22-20(15-27)17(2)21(18-10-8-7-9-11-18)23(24(22)33-25)31-14-12-19(16-31)29(3)4/h7-11,19H,6,12-14,16H2,1-5H3/t19-/m0/s1. The number of carbonyl (C=O) groups excluding carboxylic acids is 1. The molecule has 0 spiro atoms. The fraction of sp³-hybridized carbons (Fsp3) is 0.423. The SMILES string of the molecule is CCCN(C)C(=O)c1nc2c(C#N)c(C)c(-c3ccccc3)c(N3CC[C@H](N(C)C)C3)c2o1. The average Bonchev–Trinajstić information content (AvgIpc) is 3.46. The predicted octanol–water partition coefficient (Wildman–Crippen LogP) is 4.30. The third kappa shape index (κ3) is 4.07. The van der Waals surface area contributed by atoms with Crippen molar-refractivity contribution in [1.82, 2.24) is 14.8 Å². The van der Waals surface area contributed by atoms with E-state index in [0.29, 0.717) is 29.2 Å². The van der Waals surface area contributed by atoms with Gasteiger partial charge in [0.15, 0.2) is 5.58 Å². The topological polar surface area (TPSA) is 76.6 Å². The maximum atomic E-state index is 13.0. The number of nitriles is 1. The molecule has 0 unspecified atom stereocenters. The van der Waals surface area contributed by atoms with Gasteiger partial charge in [0.1, 0.15) is 11.6 Å². The second-order valence-corrected chi connectivity index (χ2v) is 8.98. The van der Waals surface area contributed by atoms with Crippen molar-refractivity contribution in [3.63, 3.8) is 0 Å². The van der Waals surface area contributed by atoms with Crippen molar-refractivity contribution in [2.75, 3.05) is 45.7 Å². The number of fused-ring (bicyclic) bond motifs is 1. The zero-order valence-electron chi connectivity index (χ0n) is 20.1. The van der Waals surface area contributed by atoms with Crippen molar-refractivity contribution in [2.45, 2.75) is 32.7 Å². The Labute approximate surface area is 195 Å². The molecule has 0 radical (unpaired) electrons. The van der Waals surface area contributed by atoms with Crippen LogP contribution in [0.15, 0.2) is 34.7 Å². The van der Waals surface area contributed by atoms with Crippen LogP contribution in [0.25, 0.3) is 22.2 Å². The number of benzene rings is 2. The largest absolute Gasteiger partial charge is 0.430 e. The maximum Gasteiger partial charge on any atom is 0.309 e. The maximum absolute atomic E-state index is 13.0. The van der Waals surface area contributed by atoms with E-state index in [1.165, 1.54) is 0 Å². The second-order valence-electron chi connectivity index (χ2n) is 8.98. The molecule has 1 fully saturated rings. The van der Waals surface area contributed by atoms with E-state index in [4.69, 9.17) is 4.42 Å². The zero-order chi connectivity index (χ0) is 23.7. The van der Waals surface area contributed by atoms with Crippen LogP contribution in [0.4, 0.5) is 5.69 Å². The Balaban J connectivity index is 1.98. The van der Waals surface area contributed by atoms with Gasteiger partial charge in [0.2, 0.25) is 0 Å². The minimum atomic E-state index is -0.269. The lowest BCUT2D eigenvalue weighted by Crippen LogP contribution is -2.31. The molecular weight excluding hydrogens is 414 g/mol. The highest BCUT2D eigenvalue weighted by molar-refractivity contribution is 6.04. The molecule has 2 aromatic carbocycles. The summed E-state index contributed by atoms with van der Waals surface area (Å²) in [7, 11) is 5.94. The first kappa shape index (κ1) is 22.8. The molecule has 172 valence electrons. The lowest BCUT2D eigenvalue weighted by atomic mass is 9.93. The summed E-state index contributed by atoms with van der Waals surface area (Å²) >= 11 is 0. The Morgan fingerprint density at radius 1 is 1.27 bits per heavy atom. The van der Waals surface area contributed by atoms with Crippen LogP contribution < -0.4 is 4.90 Å². The molecule has 1 aliphatic heterocycles. The number of carbonyl (C=O) groups is 1. The molecule has 7 heteroatoms. The zero-order valence-corrected chi connectivity index (χ0v) is 20.1. The van der Waals surface area contributed by atoms with Gasteiger partial charge in [-0.1, -0.05) is 37.3 Å². The van der Waals surface area contributed by atoms with Crippen LogP contribution in [0.3, 0.4) is 0 Å². The molecule has 0 aliphatic carbocycles. The van der Waals surface area contributed by atoms with Crippen LogP contribution in [0.5, 0.6) is 0 Å². The Morgan fingerprint density at radius 2 is 2.00 bits per heavy atom. The van der Waals surface area contributed by atoms with Crippen LogP contribution in [-0.2, 0) is 0 Å². The molecule has 0 saturated carbocycles.